The SMILES string of the molecule is CCCc1cc(C(F)(F)F)ccc1/C=C/C(=O)N[C@H](C)c1cc(F)c(NC)c(F)c1. The first-order chi connectivity index (χ1) is 14.1. The molecule has 0 saturated heterocycles. The average molecular weight is 426 g/mol. The first-order valence-electron chi connectivity index (χ1n) is 9.42. The van der Waals surface area contributed by atoms with E-state index < -0.39 is 35.3 Å². The van der Waals surface area contributed by atoms with Crippen molar-refractivity contribution < 1.29 is 26.7 Å². The maximum Gasteiger partial charge on any atom is 0.416 e. The lowest BCUT2D eigenvalue weighted by atomic mass is 9.99. The van der Waals surface area contributed by atoms with Crippen molar-refractivity contribution in [1.29, 1.82) is 0 Å². The number of rotatable bonds is 7. The van der Waals surface area contributed by atoms with E-state index in [-0.39, 0.29) is 11.3 Å². The van der Waals surface area contributed by atoms with Crippen LogP contribution in [0.1, 0.15) is 48.6 Å². The second-order valence-electron chi connectivity index (χ2n) is 6.83. The van der Waals surface area contributed by atoms with Crippen molar-refractivity contribution in [2.45, 2.75) is 38.9 Å². The van der Waals surface area contributed by atoms with Crippen molar-refractivity contribution in [3.63, 3.8) is 0 Å². The zero-order chi connectivity index (χ0) is 22.5. The van der Waals surface area contributed by atoms with Crippen LogP contribution < -0.4 is 10.6 Å². The summed E-state index contributed by atoms with van der Waals surface area (Å²) in [5.74, 6) is -2.10. The number of anilines is 1. The van der Waals surface area contributed by atoms with Gasteiger partial charge in [0.05, 0.1) is 11.6 Å². The molecular formula is C22H23F5N2O. The minimum Gasteiger partial charge on any atom is -0.383 e. The molecule has 0 aliphatic rings. The molecule has 30 heavy (non-hydrogen) atoms. The van der Waals surface area contributed by atoms with Gasteiger partial charge in [-0.05, 0) is 60.4 Å². The van der Waals surface area contributed by atoms with Crippen LogP contribution in [-0.4, -0.2) is 13.0 Å². The standard InChI is InChI=1S/C22H23F5N2O/c1-4-5-15-10-17(22(25,26)27)8-6-14(15)7-9-20(30)29-13(2)16-11-18(23)21(28-3)19(24)12-16/h6-13,28H,4-5H2,1-3H3,(H,29,30)/b9-7+/t13-/m1/s1. The van der Waals surface area contributed by atoms with Gasteiger partial charge in [0.15, 0.2) is 0 Å². The molecule has 0 aliphatic heterocycles. The number of alkyl halides is 3. The quantitative estimate of drug-likeness (QED) is 0.430. The summed E-state index contributed by atoms with van der Waals surface area (Å²) in [6.45, 7) is 3.42. The highest BCUT2D eigenvalue weighted by Gasteiger charge is 2.30. The van der Waals surface area contributed by atoms with Crippen molar-refractivity contribution in [2.75, 3.05) is 12.4 Å². The summed E-state index contributed by atoms with van der Waals surface area (Å²) >= 11 is 0. The van der Waals surface area contributed by atoms with E-state index in [0.717, 1.165) is 24.3 Å². The summed E-state index contributed by atoms with van der Waals surface area (Å²) in [6.07, 6.45) is -0.751. The molecule has 0 bridgehead atoms. The lowest BCUT2D eigenvalue weighted by Crippen LogP contribution is -2.25. The second kappa shape index (κ2) is 9.73. The van der Waals surface area contributed by atoms with Gasteiger partial charge < -0.3 is 10.6 Å². The molecule has 0 saturated carbocycles. The zero-order valence-corrected chi connectivity index (χ0v) is 16.8. The third-order valence-electron chi connectivity index (χ3n) is 4.58. The molecule has 1 atom stereocenters. The Balaban J connectivity index is 2.16. The van der Waals surface area contributed by atoms with Gasteiger partial charge in [-0.15, -0.1) is 0 Å². The van der Waals surface area contributed by atoms with E-state index >= 15 is 0 Å². The Morgan fingerprint density at radius 3 is 2.30 bits per heavy atom. The van der Waals surface area contributed by atoms with Gasteiger partial charge in [-0.25, -0.2) is 8.78 Å². The van der Waals surface area contributed by atoms with Crippen molar-refractivity contribution in [3.05, 3.63) is 70.3 Å². The van der Waals surface area contributed by atoms with Crippen molar-refractivity contribution in [3.8, 4) is 0 Å². The summed E-state index contributed by atoms with van der Waals surface area (Å²) < 4.78 is 66.6. The molecule has 0 spiro atoms. The fourth-order valence-corrected chi connectivity index (χ4v) is 3.02. The van der Waals surface area contributed by atoms with E-state index in [1.807, 2.05) is 6.92 Å². The van der Waals surface area contributed by atoms with E-state index in [2.05, 4.69) is 10.6 Å². The third kappa shape index (κ3) is 5.81. The van der Waals surface area contributed by atoms with Crippen molar-refractivity contribution >= 4 is 17.7 Å². The van der Waals surface area contributed by atoms with Gasteiger partial charge in [0.1, 0.15) is 17.3 Å². The maximum absolute atomic E-state index is 13.9. The predicted octanol–water partition coefficient (Wildman–Crippen LogP) is 5.87. The van der Waals surface area contributed by atoms with Crippen LogP contribution in [0.5, 0.6) is 0 Å². The van der Waals surface area contributed by atoms with Crippen LogP contribution in [0.4, 0.5) is 27.6 Å². The summed E-state index contributed by atoms with van der Waals surface area (Å²) in [4.78, 5) is 12.2. The Labute approximate surface area is 172 Å². The molecule has 1 amide bonds. The molecule has 0 radical (unpaired) electrons. The molecule has 0 aromatic heterocycles. The Morgan fingerprint density at radius 1 is 1.13 bits per heavy atom. The molecule has 2 N–H and O–H groups in total. The number of amides is 1. The molecule has 8 heteroatoms. The summed E-state index contributed by atoms with van der Waals surface area (Å²) in [5.41, 5.74) is 0.226. The van der Waals surface area contributed by atoms with Gasteiger partial charge in [-0.3, -0.25) is 4.79 Å². The minimum absolute atomic E-state index is 0.243. The number of halogens is 5. The van der Waals surface area contributed by atoms with Gasteiger partial charge in [-0.1, -0.05) is 19.4 Å². The molecule has 0 fully saturated rings. The van der Waals surface area contributed by atoms with E-state index in [0.29, 0.717) is 24.0 Å². The van der Waals surface area contributed by atoms with Crippen molar-refractivity contribution in [2.24, 2.45) is 0 Å². The summed E-state index contributed by atoms with van der Waals surface area (Å²) in [7, 11) is 1.39. The Kier molecular flexibility index (Phi) is 7.59. The van der Waals surface area contributed by atoms with Crippen LogP contribution in [-0.2, 0) is 17.4 Å². The van der Waals surface area contributed by atoms with Crippen LogP contribution in [0.15, 0.2) is 36.4 Å². The van der Waals surface area contributed by atoms with Crippen molar-refractivity contribution in [1.82, 2.24) is 5.32 Å². The molecule has 0 unspecified atom stereocenters. The van der Waals surface area contributed by atoms with E-state index in [1.165, 1.54) is 25.3 Å². The van der Waals surface area contributed by atoms with Crippen LogP contribution in [0.25, 0.3) is 6.08 Å². The normalized spacial score (nSPS) is 12.8. The van der Waals surface area contributed by atoms with Gasteiger partial charge in [0.25, 0.3) is 0 Å². The monoisotopic (exact) mass is 426 g/mol. The number of aryl methyl sites for hydroxylation is 1. The molecule has 3 nitrogen and oxygen atoms in total. The van der Waals surface area contributed by atoms with Crippen LogP contribution in [0, 0.1) is 11.6 Å². The summed E-state index contributed by atoms with van der Waals surface area (Å²) in [6, 6.07) is 4.94. The largest absolute Gasteiger partial charge is 0.416 e. The Hall–Kier alpha value is -2.90. The van der Waals surface area contributed by atoms with Crippen LogP contribution in [0.3, 0.4) is 0 Å². The highest BCUT2D eigenvalue weighted by atomic mass is 19.4. The predicted molar refractivity (Wildman–Crippen MR) is 107 cm³/mol. The smallest absolute Gasteiger partial charge is 0.383 e. The highest BCUT2D eigenvalue weighted by molar-refractivity contribution is 5.92. The highest BCUT2D eigenvalue weighted by Crippen LogP contribution is 2.31. The van der Waals surface area contributed by atoms with Gasteiger partial charge in [-0.2, -0.15) is 13.2 Å². The Morgan fingerprint density at radius 2 is 1.77 bits per heavy atom. The zero-order valence-electron chi connectivity index (χ0n) is 16.8. The molecule has 2 aromatic rings. The van der Waals surface area contributed by atoms with E-state index in [9.17, 15) is 26.7 Å². The lowest BCUT2D eigenvalue weighted by Gasteiger charge is -2.15. The lowest BCUT2D eigenvalue weighted by molar-refractivity contribution is -0.137. The first-order valence-corrected chi connectivity index (χ1v) is 9.42. The number of benzene rings is 2. The van der Waals surface area contributed by atoms with Gasteiger partial charge >= 0.3 is 6.18 Å². The fraction of sp³-hybridized carbons (Fsp3) is 0.318. The molecule has 0 aliphatic carbocycles. The van der Waals surface area contributed by atoms with Crippen LogP contribution >= 0.6 is 0 Å². The fourth-order valence-electron chi connectivity index (χ4n) is 3.02. The third-order valence-corrected chi connectivity index (χ3v) is 4.58. The number of nitrogens with one attached hydrogen (secondary N) is 2. The van der Waals surface area contributed by atoms with E-state index in [1.54, 1.807) is 6.92 Å². The Bertz CT molecular complexity index is 915. The average Bonchev–Trinajstić information content (AvgIpc) is 2.66. The van der Waals surface area contributed by atoms with E-state index in [4.69, 9.17) is 0 Å². The first kappa shape index (κ1) is 23.4. The molecular weight excluding hydrogens is 403 g/mol. The molecule has 162 valence electrons. The second-order valence-corrected chi connectivity index (χ2v) is 6.83. The number of hydrogen-bond acceptors (Lipinski definition) is 2. The maximum atomic E-state index is 13.9. The van der Waals surface area contributed by atoms with Gasteiger partial charge in [0.2, 0.25) is 5.91 Å². The van der Waals surface area contributed by atoms with Gasteiger partial charge in [0, 0.05) is 13.1 Å². The minimum atomic E-state index is -4.44. The van der Waals surface area contributed by atoms with Crippen LogP contribution in [0.2, 0.25) is 0 Å². The topological polar surface area (TPSA) is 41.1 Å². The molecule has 0 heterocycles. The number of carbonyl (C=O) groups excluding carboxylic acids is 1. The molecule has 2 rings (SSSR count). The number of hydrogen-bond donors (Lipinski definition) is 2. The molecule has 2 aromatic carbocycles. The number of carbonyl (C=O) groups is 1. The summed E-state index contributed by atoms with van der Waals surface area (Å²) in [5, 5.41) is 5.00.